The van der Waals surface area contributed by atoms with Crippen LogP contribution in [-0.4, -0.2) is 7.11 Å². The quantitative estimate of drug-likeness (QED) is 0.748. The van der Waals surface area contributed by atoms with E-state index >= 15 is 0 Å². The second-order valence-electron chi connectivity index (χ2n) is 3.37. The van der Waals surface area contributed by atoms with Gasteiger partial charge in [0, 0.05) is 18.2 Å². The van der Waals surface area contributed by atoms with Crippen molar-refractivity contribution in [2.45, 2.75) is 25.9 Å². The Hall–Kier alpha value is -1.02. The zero-order valence-corrected chi connectivity index (χ0v) is 8.13. The minimum Gasteiger partial charge on any atom is -0.496 e. The Balaban J connectivity index is 2.43. The highest BCUT2D eigenvalue weighted by Crippen LogP contribution is 2.33. The summed E-state index contributed by atoms with van der Waals surface area (Å²) in [6, 6.07) is 6.79. The van der Waals surface area contributed by atoms with Gasteiger partial charge in [0.1, 0.15) is 5.75 Å². The van der Waals surface area contributed by atoms with Crippen molar-refractivity contribution < 1.29 is 4.74 Å². The van der Waals surface area contributed by atoms with E-state index in [9.17, 15) is 0 Å². The Morgan fingerprint density at radius 3 is 3.08 bits per heavy atom. The van der Waals surface area contributed by atoms with Gasteiger partial charge in [0.05, 0.1) is 7.11 Å². The molecule has 1 aromatic carbocycles. The predicted molar refractivity (Wildman–Crippen MR) is 52.9 cm³/mol. The molecule has 70 valence electrons. The Morgan fingerprint density at radius 2 is 2.38 bits per heavy atom. The number of hydrogen-bond acceptors (Lipinski definition) is 2. The molecule has 1 aliphatic heterocycles. The van der Waals surface area contributed by atoms with Gasteiger partial charge >= 0.3 is 0 Å². The summed E-state index contributed by atoms with van der Waals surface area (Å²) in [5.41, 5.74) is 2.73. The summed E-state index contributed by atoms with van der Waals surface area (Å²) in [5, 5.41) is 3.47. The van der Waals surface area contributed by atoms with Gasteiger partial charge in [-0.15, -0.1) is 0 Å². The second kappa shape index (κ2) is 3.38. The van der Waals surface area contributed by atoms with Crippen molar-refractivity contribution >= 4 is 0 Å². The molecule has 0 spiro atoms. The lowest BCUT2D eigenvalue weighted by molar-refractivity contribution is 0.410. The topological polar surface area (TPSA) is 21.3 Å². The van der Waals surface area contributed by atoms with Crippen molar-refractivity contribution in [1.82, 2.24) is 5.32 Å². The smallest absolute Gasteiger partial charge is 0.123 e. The van der Waals surface area contributed by atoms with E-state index in [0.717, 1.165) is 18.7 Å². The van der Waals surface area contributed by atoms with Gasteiger partial charge in [-0.1, -0.05) is 19.1 Å². The molecular weight excluding hydrogens is 162 g/mol. The molecule has 2 heteroatoms. The fraction of sp³-hybridized carbons (Fsp3) is 0.455. The molecule has 1 aliphatic rings. The summed E-state index contributed by atoms with van der Waals surface area (Å²) < 4.78 is 5.31. The first-order valence-electron chi connectivity index (χ1n) is 4.76. The molecule has 1 heterocycles. The van der Waals surface area contributed by atoms with Crippen LogP contribution < -0.4 is 10.1 Å². The normalized spacial score (nSPS) is 20.0. The van der Waals surface area contributed by atoms with Gasteiger partial charge in [0.15, 0.2) is 0 Å². The van der Waals surface area contributed by atoms with Gasteiger partial charge < -0.3 is 10.1 Å². The van der Waals surface area contributed by atoms with E-state index in [2.05, 4.69) is 24.4 Å². The molecule has 1 unspecified atom stereocenters. The van der Waals surface area contributed by atoms with Crippen molar-refractivity contribution in [1.29, 1.82) is 0 Å². The first-order valence-corrected chi connectivity index (χ1v) is 4.76. The number of benzene rings is 1. The standard InChI is InChI=1S/C11H15NO/c1-3-10-8-5-4-6-11(13-2)9(8)7-12-10/h4-6,10,12H,3,7H2,1-2H3. The van der Waals surface area contributed by atoms with Crippen LogP contribution in [0.15, 0.2) is 18.2 Å². The first-order chi connectivity index (χ1) is 6.36. The third-order valence-corrected chi connectivity index (χ3v) is 2.70. The molecular formula is C11H15NO. The Labute approximate surface area is 78.9 Å². The van der Waals surface area contributed by atoms with Crippen LogP contribution in [0.2, 0.25) is 0 Å². The average Bonchev–Trinajstić information content (AvgIpc) is 2.60. The Morgan fingerprint density at radius 1 is 1.54 bits per heavy atom. The molecule has 0 amide bonds. The van der Waals surface area contributed by atoms with Gasteiger partial charge in [0.2, 0.25) is 0 Å². The molecule has 0 saturated carbocycles. The van der Waals surface area contributed by atoms with E-state index in [1.807, 2.05) is 6.07 Å². The third-order valence-electron chi connectivity index (χ3n) is 2.70. The van der Waals surface area contributed by atoms with Crippen LogP contribution in [0.3, 0.4) is 0 Å². The number of hydrogen-bond donors (Lipinski definition) is 1. The number of nitrogens with one attached hydrogen (secondary N) is 1. The van der Waals surface area contributed by atoms with Crippen LogP contribution in [-0.2, 0) is 6.54 Å². The van der Waals surface area contributed by atoms with Crippen LogP contribution in [0.25, 0.3) is 0 Å². The molecule has 2 nitrogen and oxygen atoms in total. The lowest BCUT2D eigenvalue weighted by Crippen LogP contribution is -2.10. The molecule has 1 atom stereocenters. The summed E-state index contributed by atoms with van der Waals surface area (Å²) in [7, 11) is 1.73. The van der Waals surface area contributed by atoms with Crippen molar-refractivity contribution in [3.63, 3.8) is 0 Å². The lowest BCUT2D eigenvalue weighted by atomic mass is 10.0. The largest absolute Gasteiger partial charge is 0.496 e. The predicted octanol–water partition coefficient (Wildman–Crippen LogP) is 2.25. The van der Waals surface area contributed by atoms with Crippen molar-refractivity contribution in [2.75, 3.05) is 7.11 Å². The van der Waals surface area contributed by atoms with E-state index in [1.54, 1.807) is 7.11 Å². The molecule has 0 aromatic heterocycles. The van der Waals surface area contributed by atoms with Crippen LogP contribution in [0.4, 0.5) is 0 Å². The van der Waals surface area contributed by atoms with Crippen LogP contribution in [0, 0.1) is 0 Å². The number of fused-ring (bicyclic) bond motifs is 1. The molecule has 0 aliphatic carbocycles. The molecule has 2 rings (SSSR count). The second-order valence-corrected chi connectivity index (χ2v) is 3.37. The van der Waals surface area contributed by atoms with E-state index < -0.39 is 0 Å². The average molecular weight is 177 g/mol. The van der Waals surface area contributed by atoms with E-state index in [4.69, 9.17) is 4.74 Å². The summed E-state index contributed by atoms with van der Waals surface area (Å²) >= 11 is 0. The summed E-state index contributed by atoms with van der Waals surface area (Å²) in [6.07, 6.45) is 1.14. The van der Waals surface area contributed by atoms with Gasteiger partial charge in [-0.25, -0.2) is 0 Å². The SMILES string of the molecule is CCC1NCc2c(OC)cccc21. The fourth-order valence-corrected chi connectivity index (χ4v) is 1.99. The molecule has 0 fully saturated rings. The first kappa shape index (κ1) is 8.57. The lowest BCUT2D eigenvalue weighted by Gasteiger charge is -2.09. The van der Waals surface area contributed by atoms with Gasteiger partial charge in [0.25, 0.3) is 0 Å². The van der Waals surface area contributed by atoms with Crippen molar-refractivity contribution in [3.8, 4) is 5.75 Å². The minimum absolute atomic E-state index is 0.519. The number of ether oxygens (including phenoxy) is 1. The summed E-state index contributed by atoms with van der Waals surface area (Å²) in [6.45, 7) is 3.14. The molecule has 1 aromatic rings. The summed E-state index contributed by atoms with van der Waals surface area (Å²) in [4.78, 5) is 0. The molecule has 0 saturated heterocycles. The van der Waals surface area contributed by atoms with Gasteiger partial charge in [-0.05, 0) is 18.1 Å². The van der Waals surface area contributed by atoms with E-state index in [0.29, 0.717) is 6.04 Å². The highest BCUT2D eigenvalue weighted by Gasteiger charge is 2.22. The monoisotopic (exact) mass is 177 g/mol. The number of rotatable bonds is 2. The highest BCUT2D eigenvalue weighted by atomic mass is 16.5. The molecule has 0 radical (unpaired) electrons. The van der Waals surface area contributed by atoms with Gasteiger partial charge in [-0.2, -0.15) is 0 Å². The van der Waals surface area contributed by atoms with E-state index in [1.165, 1.54) is 11.1 Å². The van der Waals surface area contributed by atoms with Crippen molar-refractivity contribution in [2.24, 2.45) is 0 Å². The zero-order valence-electron chi connectivity index (χ0n) is 8.13. The zero-order chi connectivity index (χ0) is 9.26. The van der Waals surface area contributed by atoms with Crippen LogP contribution in [0.1, 0.15) is 30.5 Å². The minimum atomic E-state index is 0.519. The molecule has 1 N–H and O–H groups in total. The van der Waals surface area contributed by atoms with Crippen LogP contribution in [0.5, 0.6) is 5.75 Å². The van der Waals surface area contributed by atoms with E-state index in [-0.39, 0.29) is 0 Å². The van der Waals surface area contributed by atoms with Crippen LogP contribution >= 0.6 is 0 Å². The van der Waals surface area contributed by atoms with Crippen molar-refractivity contribution in [3.05, 3.63) is 29.3 Å². The fourth-order valence-electron chi connectivity index (χ4n) is 1.99. The maximum atomic E-state index is 5.31. The van der Waals surface area contributed by atoms with Gasteiger partial charge in [-0.3, -0.25) is 0 Å². The highest BCUT2D eigenvalue weighted by molar-refractivity contribution is 5.44. The maximum absolute atomic E-state index is 5.31. The Bertz CT molecular complexity index is 309. The molecule has 13 heavy (non-hydrogen) atoms. The third kappa shape index (κ3) is 1.31. The Kier molecular flexibility index (Phi) is 2.23. The summed E-state index contributed by atoms with van der Waals surface area (Å²) in [5.74, 6) is 1.01. The molecule has 0 bridgehead atoms. The maximum Gasteiger partial charge on any atom is 0.123 e. The number of methoxy groups -OCH3 is 1.